The molecule has 1 amide bonds. The summed E-state index contributed by atoms with van der Waals surface area (Å²) >= 11 is 1.47. The Morgan fingerprint density at radius 3 is 2.76 bits per heavy atom. The Morgan fingerprint density at radius 2 is 2.10 bits per heavy atom. The smallest absolute Gasteiger partial charge is 0.270 e. The lowest BCUT2D eigenvalue weighted by molar-refractivity contribution is 0.0912. The quantitative estimate of drug-likeness (QED) is 0.893. The van der Waals surface area contributed by atoms with Crippen molar-refractivity contribution in [3.63, 3.8) is 0 Å². The first-order valence-corrected chi connectivity index (χ1v) is 7.84. The van der Waals surface area contributed by atoms with E-state index >= 15 is 0 Å². The fraction of sp³-hybridized carbons (Fsp3) is 0.375. The Hall–Kier alpha value is -1.72. The number of hydrogen-bond donors (Lipinski definition) is 2. The summed E-state index contributed by atoms with van der Waals surface area (Å²) in [6.07, 6.45) is 0. The molecule has 2 rings (SSSR count). The number of carbonyl (C=O) groups is 1. The molecule has 0 radical (unpaired) electrons. The highest BCUT2D eigenvalue weighted by Crippen LogP contribution is 2.26. The molecule has 0 aliphatic heterocycles. The summed E-state index contributed by atoms with van der Waals surface area (Å²) in [7, 11) is 0. The van der Waals surface area contributed by atoms with Crippen LogP contribution in [0.3, 0.4) is 0 Å². The van der Waals surface area contributed by atoms with Crippen LogP contribution < -0.4 is 5.32 Å². The molecule has 0 saturated carbocycles. The fourth-order valence-electron chi connectivity index (χ4n) is 1.90. The molecule has 0 spiro atoms. The third-order valence-corrected chi connectivity index (χ3v) is 4.49. The van der Waals surface area contributed by atoms with Gasteiger partial charge in [-0.15, -0.1) is 11.3 Å². The lowest BCUT2D eigenvalue weighted by Crippen LogP contribution is -2.38. The van der Waals surface area contributed by atoms with Crippen LogP contribution in [0.25, 0.3) is 10.6 Å². The largest absolute Gasteiger partial charge is 0.396 e. The maximum atomic E-state index is 12.2. The number of aryl methyl sites for hydroxylation is 1. The van der Waals surface area contributed by atoms with E-state index in [1.54, 1.807) is 5.38 Å². The number of benzene rings is 1. The van der Waals surface area contributed by atoms with Gasteiger partial charge < -0.3 is 10.4 Å². The summed E-state index contributed by atoms with van der Waals surface area (Å²) in [6, 6.07) is 7.89. The fourth-order valence-corrected chi connectivity index (χ4v) is 2.79. The summed E-state index contributed by atoms with van der Waals surface area (Å²) < 4.78 is 0. The van der Waals surface area contributed by atoms with E-state index < -0.39 is 0 Å². The van der Waals surface area contributed by atoms with Gasteiger partial charge in [-0.3, -0.25) is 4.79 Å². The summed E-state index contributed by atoms with van der Waals surface area (Å²) in [5, 5.41) is 14.6. The zero-order valence-electron chi connectivity index (χ0n) is 12.5. The van der Waals surface area contributed by atoms with Gasteiger partial charge in [0.1, 0.15) is 10.7 Å². The second-order valence-corrected chi connectivity index (χ2v) is 6.13. The zero-order valence-corrected chi connectivity index (χ0v) is 13.3. The van der Waals surface area contributed by atoms with Gasteiger partial charge in [-0.1, -0.05) is 31.2 Å². The molecule has 0 saturated heterocycles. The lowest BCUT2D eigenvalue weighted by Gasteiger charge is -2.18. The first-order chi connectivity index (χ1) is 10.0. The van der Waals surface area contributed by atoms with Gasteiger partial charge in [-0.05, 0) is 25.3 Å². The van der Waals surface area contributed by atoms with Crippen LogP contribution in [0.15, 0.2) is 29.6 Å². The maximum Gasteiger partial charge on any atom is 0.270 e. The highest BCUT2D eigenvalue weighted by atomic mass is 32.1. The molecular weight excluding hydrogens is 284 g/mol. The second kappa shape index (κ2) is 6.83. The number of aliphatic hydroxyl groups excluding tert-OH is 1. The molecule has 4 nitrogen and oxygen atoms in total. The first kappa shape index (κ1) is 15.7. The van der Waals surface area contributed by atoms with Gasteiger partial charge in [0.15, 0.2) is 0 Å². The van der Waals surface area contributed by atoms with Crippen molar-refractivity contribution in [3.05, 3.63) is 40.9 Å². The molecule has 1 aromatic heterocycles. The Bertz CT molecular complexity index is 624. The highest BCUT2D eigenvalue weighted by Gasteiger charge is 2.17. The van der Waals surface area contributed by atoms with Crippen LogP contribution in [0, 0.1) is 12.8 Å². The minimum Gasteiger partial charge on any atom is -0.396 e. The molecule has 0 bridgehead atoms. The van der Waals surface area contributed by atoms with Crippen LogP contribution in [0.1, 0.15) is 29.9 Å². The number of nitrogens with zero attached hydrogens (tertiary/aromatic N) is 1. The van der Waals surface area contributed by atoms with Crippen molar-refractivity contribution >= 4 is 17.2 Å². The molecular formula is C16H20N2O2S. The molecule has 112 valence electrons. The van der Waals surface area contributed by atoms with E-state index in [0.717, 1.165) is 16.1 Å². The SMILES string of the molecule is Cc1ccccc1-c1nc(C(=O)NC(C)C(C)CO)cs1. The molecule has 21 heavy (non-hydrogen) atoms. The Balaban J connectivity index is 2.13. The average molecular weight is 304 g/mol. The van der Waals surface area contributed by atoms with E-state index in [0.29, 0.717) is 5.69 Å². The Labute approximate surface area is 128 Å². The number of aliphatic hydroxyl groups is 1. The summed E-state index contributed by atoms with van der Waals surface area (Å²) in [5.74, 6) is -0.178. The van der Waals surface area contributed by atoms with Crippen molar-refractivity contribution in [3.8, 4) is 10.6 Å². The monoisotopic (exact) mass is 304 g/mol. The van der Waals surface area contributed by atoms with E-state index in [1.807, 2.05) is 45.0 Å². The third-order valence-electron chi connectivity index (χ3n) is 3.61. The van der Waals surface area contributed by atoms with Gasteiger partial charge in [0.25, 0.3) is 5.91 Å². The van der Waals surface area contributed by atoms with Crippen LogP contribution in [0.2, 0.25) is 0 Å². The molecule has 2 unspecified atom stereocenters. The van der Waals surface area contributed by atoms with Crippen LogP contribution in [-0.2, 0) is 0 Å². The van der Waals surface area contributed by atoms with E-state index in [1.165, 1.54) is 11.3 Å². The van der Waals surface area contributed by atoms with Crippen molar-refractivity contribution in [2.24, 2.45) is 5.92 Å². The Kier molecular flexibility index (Phi) is 5.09. The van der Waals surface area contributed by atoms with Crippen molar-refractivity contribution in [1.29, 1.82) is 0 Å². The first-order valence-electron chi connectivity index (χ1n) is 6.96. The highest BCUT2D eigenvalue weighted by molar-refractivity contribution is 7.13. The molecule has 2 atom stereocenters. The lowest BCUT2D eigenvalue weighted by atomic mass is 10.1. The van der Waals surface area contributed by atoms with Crippen molar-refractivity contribution in [2.45, 2.75) is 26.8 Å². The Morgan fingerprint density at radius 1 is 1.38 bits per heavy atom. The number of aromatic nitrogens is 1. The van der Waals surface area contributed by atoms with E-state index in [9.17, 15) is 4.79 Å². The van der Waals surface area contributed by atoms with E-state index in [2.05, 4.69) is 10.3 Å². The van der Waals surface area contributed by atoms with Gasteiger partial charge in [0.05, 0.1) is 0 Å². The van der Waals surface area contributed by atoms with E-state index in [4.69, 9.17) is 5.11 Å². The number of amides is 1. The van der Waals surface area contributed by atoms with E-state index in [-0.39, 0.29) is 24.5 Å². The summed E-state index contributed by atoms with van der Waals surface area (Å²) in [6.45, 7) is 5.85. The molecule has 2 N–H and O–H groups in total. The predicted molar refractivity (Wildman–Crippen MR) is 85.5 cm³/mol. The minimum absolute atomic E-state index is 0.0171. The molecule has 2 aromatic rings. The molecule has 0 aliphatic rings. The van der Waals surface area contributed by atoms with Crippen LogP contribution in [0.5, 0.6) is 0 Å². The van der Waals surface area contributed by atoms with Crippen molar-refractivity contribution in [1.82, 2.24) is 10.3 Å². The normalized spacial score (nSPS) is 13.7. The number of hydrogen-bond acceptors (Lipinski definition) is 4. The number of nitrogens with one attached hydrogen (secondary N) is 1. The molecule has 1 heterocycles. The topological polar surface area (TPSA) is 62.2 Å². The average Bonchev–Trinajstić information content (AvgIpc) is 2.96. The maximum absolute atomic E-state index is 12.2. The predicted octanol–water partition coefficient (Wildman–Crippen LogP) is 2.87. The second-order valence-electron chi connectivity index (χ2n) is 5.27. The van der Waals surface area contributed by atoms with Crippen LogP contribution >= 0.6 is 11.3 Å². The van der Waals surface area contributed by atoms with Gasteiger partial charge >= 0.3 is 0 Å². The van der Waals surface area contributed by atoms with Crippen molar-refractivity contribution < 1.29 is 9.90 Å². The summed E-state index contributed by atoms with van der Waals surface area (Å²) in [5.41, 5.74) is 2.62. The molecule has 0 fully saturated rings. The minimum atomic E-state index is -0.195. The number of rotatable bonds is 5. The van der Waals surface area contributed by atoms with Crippen LogP contribution in [-0.4, -0.2) is 28.6 Å². The summed E-state index contributed by atoms with van der Waals surface area (Å²) in [4.78, 5) is 16.6. The number of carbonyl (C=O) groups excluding carboxylic acids is 1. The van der Waals surface area contributed by atoms with Gasteiger partial charge in [0.2, 0.25) is 0 Å². The third kappa shape index (κ3) is 3.68. The van der Waals surface area contributed by atoms with Gasteiger partial charge in [0, 0.05) is 23.6 Å². The standard InChI is InChI=1S/C16H20N2O2S/c1-10-6-4-5-7-13(10)16-18-14(9-21-16)15(20)17-12(3)11(2)8-19/h4-7,9,11-12,19H,8H2,1-3H3,(H,17,20). The van der Waals surface area contributed by atoms with Crippen LogP contribution in [0.4, 0.5) is 0 Å². The number of thiazole rings is 1. The molecule has 5 heteroatoms. The molecule has 0 aliphatic carbocycles. The van der Waals surface area contributed by atoms with Gasteiger partial charge in [-0.2, -0.15) is 0 Å². The zero-order chi connectivity index (χ0) is 15.4. The molecule has 1 aromatic carbocycles. The van der Waals surface area contributed by atoms with Crippen molar-refractivity contribution in [2.75, 3.05) is 6.61 Å². The van der Waals surface area contributed by atoms with Gasteiger partial charge in [-0.25, -0.2) is 4.98 Å².